The van der Waals surface area contributed by atoms with E-state index in [4.69, 9.17) is 4.74 Å². The fourth-order valence-corrected chi connectivity index (χ4v) is 6.43. The number of rotatable bonds is 9. The molecule has 2 amide bonds. The van der Waals surface area contributed by atoms with Crippen LogP contribution in [-0.4, -0.2) is 68.1 Å². The first kappa shape index (κ1) is 32.5. The predicted octanol–water partition coefficient (Wildman–Crippen LogP) is 5.71. The monoisotopic (exact) mass is 644 g/mol. The molecule has 0 spiro atoms. The highest BCUT2D eigenvalue weighted by molar-refractivity contribution is 7.89. The third kappa shape index (κ3) is 8.23. The maximum absolute atomic E-state index is 12.8. The van der Waals surface area contributed by atoms with Gasteiger partial charge in [0.25, 0.3) is 0 Å². The number of ether oxygens (including phenoxy) is 1. The minimum absolute atomic E-state index is 0.147. The second-order valence-electron chi connectivity index (χ2n) is 12.0. The number of carbonyl (C=O) groups excluding carboxylic acids is 1. The van der Waals surface area contributed by atoms with Crippen LogP contribution in [0.4, 0.5) is 39.3 Å². The van der Waals surface area contributed by atoms with Gasteiger partial charge < -0.3 is 30.5 Å². The first-order chi connectivity index (χ1) is 21.9. The van der Waals surface area contributed by atoms with Crippen LogP contribution in [0.1, 0.15) is 26.3 Å². The molecule has 0 saturated carbocycles. The van der Waals surface area contributed by atoms with Crippen LogP contribution in [0.15, 0.2) is 83.9 Å². The van der Waals surface area contributed by atoms with Gasteiger partial charge in [0.15, 0.2) is 0 Å². The first-order valence-corrected chi connectivity index (χ1v) is 16.4. The number of carbonyl (C=O) groups is 1. The standard InChI is InChI=1S/C33H40N8O4S/c1-23-22-34-31(38-30(23)35-25-9-8-10-27(21-25)46(43,44)39-33(2,3)4)36-24-13-15-26(16-14-24)40-17-19-41(20-18-40)32(42)37-28-11-6-7-12-29(28)45-5/h6-16,21-22,39H,17-20H2,1-5H3,(H,37,42)(H2,34,35,36,38). The zero-order valence-electron chi connectivity index (χ0n) is 26.7. The largest absolute Gasteiger partial charge is 0.495 e. The van der Waals surface area contributed by atoms with E-state index in [2.05, 4.69) is 35.5 Å². The molecule has 1 fully saturated rings. The molecule has 0 aliphatic carbocycles. The number of hydrogen-bond acceptors (Lipinski definition) is 9. The Labute approximate surface area is 270 Å². The summed E-state index contributed by atoms with van der Waals surface area (Å²) in [5.41, 5.74) is 3.31. The third-order valence-electron chi connectivity index (χ3n) is 7.22. The Hall–Kier alpha value is -4.88. The van der Waals surface area contributed by atoms with Crippen molar-refractivity contribution >= 4 is 50.6 Å². The SMILES string of the molecule is COc1ccccc1NC(=O)N1CCN(c2ccc(Nc3ncc(C)c(Nc4cccc(S(=O)(=O)NC(C)(C)C)c4)n3)cc2)CC1. The highest BCUT2D eigenvalue weighted by Crippen LogP contribution is 2.26. The van der Waals surface area contributed by atoms with Crippen molar-refractivity contribution in [3.05, 3.63) is 84.6 Å². The minimum Gasteiger partial charge on any atom is -0.495 e. The summed E-state index contributed by atoms with van der Waals surface area (Å²) in [6.45, 7) is 9.87. The molecule has 2 heterocycles. The molecule has 0 bridgehead atoms. The summed E-state index contributed by atoms with van der Waals surface area (Å²) in [6, 6.07) is 21.8. The number of sulfonamides is 1. The number of nitrogens with zero attached hydrogens (tertiary/aromatic N) is 4. The van der Waals surface area contributed by atoms with E-state index in [-0.39, 0.29) is 10.9 Å². The Morgan fingerprint density at radius 2 is 1.61 bits per heavy atom. The number of hydrogen-bond donors (Lipinski definition) is 4. The van der Waals surface area contributed by atoms with Gasteiger partial charge in [-0.25, -0.2) is 22.9 Å². The number of piperazine rings is 1. The Balaban J connectivity index is 1.18. The lowest BCUT2D eigenvalue weighted by molar-refractivity contribution is 0.208. The van der Waals surface area contributed by atoms with Crippen LogP contribution < -0.4 is 30.3 Å². The van der Waals surface area contributed by atoms with Crippen molar-refractivity contribution in [2.24, 2.45) is 0 Å². The van der Waals surface area contributed by atoms with E-state index < -0.39 is 15.6 Å². The van der Waals surface area contributed by atoms with Crippen molar-refractivity contribution < 1.29 is 17.9 Å². The van der Waals surface area contributed by atoms with Gasteiger partial charge in [-0.05, 0) is 82.3 Å². The summed E-state index contributed by atoms with van der Waals surface area (Å²) in [5, 5.41) is 9.42. The van der Waals surface area contributed by atoms with Gasteiger partial charge in [-0.1, -0.05) is 18.2 Å². The molecule has 1 aromatic heterocycles. The third-order valence-corrected chi connectivity index (χ3v) is 8.98. The molecule has 12 nitrogen and oxygen atoms in total. The molecule has 242 valence electrons. The number of aromatic nitrogens is 2. The van der Waals surface area contributed by atoms with E-state index in [1.54, 1.807) is 63.2 Å². The topological polar surface area (TPSA) is 141 Å². The second-order valence-corrected chi connectivity index (χ2v) is 13.7. The predicted molar refractivity (Wildman–Crippen MR) is 182 cm³/mol. The zero-order valence-corrected chi connectivity index (χ0v) is 27.5. The Morgan fingerprint density at radius 1 is 0.891 bits per heavy atom. The smallest absolute Gasteiger partial charge is 0.322 e. The summed E-state index contributed by atoms with van der Waals surface area (Å²) < 4.78 is 33.7. The van der Waals surface area contributed by atoms with Crippen LogP contribution in [0, 0.1) is 6.92 Å². The van der Waals surface area contributed by atoms with Crippen LogP contribution >= 0.6 is 0 Å². The van der Waals surface area contributed by atoms with E-state index >= 15 is 0 Å². The summed E-state index contributed by atoms with van der Waals surface area (Å²) in [5.74, 6) is 1.58. The Morgan fingerprint density at radius 3 is 2.30 bits per heavy atom. The molecule has 0 atom stereocenters. The molecule has 5 rings (SSSR count). The van der Waals surface area contributed by atoms with E-state index in [1.165, 1.54) is 0 Å². The number of amides is 2. The van der Waals surface area contributed by atoms with Crippen molar-refractivity contribution in [2.45, 2.75) is 38.1 Å². The fourth-order valence-electron chi connectivity index (χ4n) is 4.96. The van der Waals surface area contributed by atoms with Gasteiger partial charge in [0.1, 0.15) is 11.6 Å². The van der Waals surface area contributed by atoms with Gasteiger partial charge in [0.05, 0.1) is 17.7 Å². The normalized spacial score (nSPS) is 13.7. The summed E-state index contributed by atoms with van der Waals surface area (Å²) in [6.07, 6.45) is 1.71. The average molecular weight is 645 g/mol. The van der Waals surface area contributed by atoms with Crippen LogP contribution in [-0.2, 0) is 10.0 Å². The summed E-state index contributed by atoms with van der Waals surface area (Å²) in [4.78, 5) is 26.1. The van der Waals surface area contributed by atoms with Gasteiger partial charge in [-0.15, -0.1) is 0 Å². The van der Waals surface area contributed by atoms with E-state index in [1.807, 2.05) is 55.5 Å². The van der Waals surface area contributed by atoms with Gasteiger partial charge in [0, 0.05) is 60.5 Å². The van der Waals surface area contributed by atoms with Crippen molar-refractivity contribution in [1.29, 1.82) is 0 Å². The molecule has 4 aromatic rings. The average Bonchev–Trinajstić information content (AvgIpc) is 3.02. The maximum atomic E-state index is 12.8. The van der Waals surface area contributed by atoms with Crippen LogP contribution in [0.5, 0.6) is 5.75 Å². The van der Waals surface area contributed by atoms with Crippen LogP contribution in [0.3, 0.4) is 0 Å². The lowest BCUT2D eigenvalue weighted by Gasteiger charge is -2.36. The second kappa shape index (κ2) is 13.6. The number of anilines is 6. The molecule has 4 N–H and O–H groups in total. The van der Waals surface area contributed by atoms with E-state index in [0.29, 0.717) is 55.1 Å². The molecule has 3 aromatic carbocycles. The number of benzene rings is 3. The number of para-hydroxylation sites is 2. The van der Waals surface area contributed by atoms with Gasteiger partial charge in [-0.3, -0.25) is 0 Å². The summed E-state index contributed by atoms with van der Waals surface area (Å²) in [7, 11) is -2.11. The molecule has 0 radical (unpaired) electrons. The zero-order chi connectivity index (χ0) is 32.9. The molecule has 1 aliphatic heterocycles. The van der Waals surface area contributed by atoms with E-state index in [9.17, 15) is 13.2 Å². The highest BCUT2D eigenvalue weighted by Gasteiger charge is 2.23. The van der Waals surface area contributed by atoms with Gasteiger partial charge in [0.2, 0.25) is 16.0 Å². The number of aryl methyl sites for hydroxylation is 1. The fraction of sp³-hybridized carbons (Fsp3) is 0.303. The molecular formula is C33H40N8O4S. The van der Waals surface area contributed by atoms with Crippen molar-refractivity contribution in [2.75, 3.05) is 54.1 Å². The van der Waals surface area contributed by atoms with E-state index in [0.717, 1.165) is 16.9 Å². The van der Waals surface area contributed by atoms with Crippen LogP contribution in [0.2, 0.25) is 0 Å². The first-order valence-electron chi connectivity index (χ1n) is 15.0. The Kier molecular flexibility index (Phi) is 9.63. The molecule has 0 unspecified atom stereocenters. The van der Waals surface area contributed by atoms with Crippen molar-refractivity contribution in [3.63, 3.8) is 0 Å². The lowest BCUT2D eigenvalue weighted by atomic mass is 10.1. The number of methoxy groups -OCH3 is 1. The van der Waals surface area contributed by atoms with Gasteiger partial charge in [-0.2, -0.15) is 4.98 Å². The van der Waals surface area contributed by atoms with Crippen LogP contribution in [0.25, 0.3) is 0 Å². The minimum atomic E-state index is -3.69. The molecule has 1 saturated heterocycles. The van der Waals surface area contributed by atoms with Crippen molar-refractivity contribution in [1.82, 2.24) is 19.6 Å². The molecule has 1 aliphatic rings. The lowest BCUT2D eigenvalue weighted by Crippen LogP contribution is -2.50. The quantitative estimate of drug-likeness (QED) is 0.180. The van der Waals surface area contributed by atoms with Crippen molar-refractivity contribution in [3.8, 4) is 5.75 Å². The number of nitrogens with one attached hydrogen (secondary N) is 4. The maximum Gasteiger partial charge on any atom is 0.322 e. The molecule has 13 heteroatoms. The molecular weight excluding hydrogens is 604 g/mol. The van der Waals surface area contributed by atoms with Gasteiger partial charge >= 0.3 is 6.03 Å². The Bertz CT molecular complexity index is 1780. The highest BCUT2D eigenvalue weighted by atomic mass is 32.2. The summed E-state index contributed by atoms with van der Waals surface area (Å²) >= 11 is 0. The number of urea groups is 1. The molecule has 46 heavy (non-hydrogen) atoms.